The molecule has 4 heteroatoms. The molecule has 98 valence electrons. The van der Waals surface area contributed by atoms with Gasteiger partial charge in [0.15, 0.2) is 0 Å². The normalized spacial score (nSPS) is 17.6. The Balaban J connectivity index is 2.64. The van der Waals surface area contributed by atoms with Crippen molar-refractivity contribution < 1.29 is 4.79 Å². The van der Waals surface area contributed by atoms with E-state index in [2.05, 4.69) is 0 Å². The lowest BCUT2D eigenvalue weighted by Gasteiger charge is -2.34. The van der Waals surface area contributed by atoms with E-state index in [0.29, 0.717) is 10.9 Å². The van der Waals surface area contributed by atoms with E-state index in [1.54, 1.807) is 0 Å². The molecular formula is C13H24N2OS. The molecule has 0 aromatic carbocycles. The molecule has 1 amide bonds. The van der Waals surface area contributed by atoms with Gasteiger partial charge in [-0.3, -0.25) is 4.79 Å². The van der Waals surface area contributed by atoms with Crippen LogP contribution in [0.5, 0.6) is 0 Å². The zero-order valence-corrected chi connectivity index (χ0v) is 11.9. The van der Waals surface area contributed by atoms with Crippen molar-refractivity contribution in [1.82, 2.24) is 4.90 Å². The predicted molar refractivity (Wildman–Crippen MR) is 74.7 cm³/mol. The molecular weight excluding hydrogens is 232 g/mol. The Labute approximate surface area is 110 Å². The van der Waals surface area contributed by atoms with Gasteiger partial charge in [0, 0.05) is 13.1 Å². The average Bonchev–Trinajstić information content (AvgIpc) is 2.14. The van der Waals surface area contributed by atoms with E-state index >= 15 is 0 Å². The number of nitrogens with zero attached hydrogens (tertiary/aromatic N) is 1. The molecule has 17 heavy (non-hydrogen) atoms. The summed E-state index contributed by atoms with van der Waals surface area (Å²) in [5, 5.41) is 0. The third-order valence-corrected chi connectivity index (χ3v) is 3.89. The highest BCUT2D eigenvalue weighted by molar-refractivity contribution is 7.80. The summed E-state index contributed by atoms with van der Waals surface area (Å²) >= 11 is 5.02. The summed E-state index contributed by atoms with van der Waals surface area (Å²) in [6.45, 7) is 7.65. The van der Waals surface area contributed by atoms with Crippen LogP contribution in [0.2, 0.25) is 0 Å². The smallest absolute Gasteiger partial charge is 0.232 e. The predicted octanol–water partition coefficient (Wildman–Crippen LogP) is 2.19. The molecule has 1 rings (SSSR count). The van der Waals surface area contributed by atoms with Crippen LogP contribution >= 0.6 is 12.2 Å². The fourth-order valence-electron chi connectivity index (χ4n) is 2.29. The largest absolute Gasteiger partial charge is 0.393 e. The first-order valence-electron chi connectivity index (χ1n) is 6.55. The SMILES string of the molecule is CCN(CC1CCC1)C(=O)C(C(N)=S)C(C)C. The number of rotatable bonds is 6. The second-order valence-corrected chi connectivity index (χ2v) is 5.77. The van der Waals surface area contributed by atoms with Gasteiger partial charge in [0.1, 0.15) is 0 Å². The van der Waals surface area contributed by atoms with E-state index in [1.807, 2.05) is 25.7 Å². The van der Waals surface area contributed by atoms with E-state index < -0.39 is 0 Å². The van der Waals surface area contributed by atoms with E-state index in [0.717, 1.165) is 13.1 Å². The van der Waals surface area contributed by atoms with Crippen LogP contribution in [-0.4, -0.2) is 28.9 Å². The first-order valence-corrected chi connectivity index (χ1v) is 6.96. The number of amides is 1. The first-order chi connectivity index (χ1) is 7.97. The summed E-state index contributed by atoms with van der Waals surface area (Å²) in [6, 6.07) is 0. The second-order valence-electron chi connectivity index (χ2n) is 5.30. The zero-order chi connectivity index (χ0) is 13.0. The van der Waals surface area contributed by atoms with Crippen molar-refractivity contribution in [2.45, 2.75) is 40.0 Å². The Kier molecular flexibility index (Phi) is 5.37. The second kappa shape index (κ2) is 6.34. The van der Waals surface area contributed by atoms with Crippen LogP contribution in [-0.2, 0) is 4.79 Å². The minimum absolute atomic E-state index is 0.113. The van der Waals surface area contributed by atoms with Crippen LogP contribution in [0.25, 0.3) is 0 Å². The molecule has 1 fully saturated rings. The number of thiocarbonyl (C=S) groups is 1. The number of carbonyl (C=O) groups is 1. The van der Waals surface area contributed by atoms with Gasteiger partial charge in [-0.15, -0.1) is 0 Å². The molecule has 1 saturated carbocycles. The highest BCUT2D eigenvalue weighted by Gasteiger charge is 2.31. The molecule has 2 N–H and O–H groups in total. The molecule has 0 aromatic rings. The lowest BCUT2D eigenvalue weighted by atomic mass is 9.84. The highest BCUT2D eigenvalue weighted by Crippen LogP contribution is 2.28. The molecule has 0 aliphatic heterocycles. The van der Waals surface area contributed by atoms with Gasteiger partial charge in [-0.2, -0.15) is 0 Å². The molecule has 1 aliphatic carbocycles. The highest BCUT2D eigenvalue weighted by atomic mass is 32.1. The number of hydrogen-bond donors (Lipinski definition) is 1. The minimum atomic E-state index is -0.301. The lowest BCUT2D eigenvalue weighted by molar-refractivity contribution is -0.135. The van der Waals surface area contributed by atoms with Gasteiger partial charge >= 0.3 is 0 Å². The van der Waals surface area contributed by atoms with E-state index in [1.165, 1.54) is 19.3 Å². The van der Waals surface area contributed by atoms with Crippen molar-refractivity contribution in [3.63, 3.8) is 0 Å². The Bertz CT molecular complexity index is 287. The maximum atomic E-state index is 12.4. The van der Waals surface area contributed by atoms with Crippen LogP contribution in [0.4, 0.5) is 0 Å². The molecule has 0 bridgehead atoms. The van der Waals surface area contributed by atoms with Crippen molar-refractivity contribution in [1.29, 1.82) is 0 Å². The van der Waals surface area contributed by atoms with Crippen molar-refractivity contribution in [2.24, 2.45) is 23.5 Å². The topological polar surface area (TPSA) is 46.3 Å². The molecule has 1 unspecified atom stereocenters. The summed E-state index contributed by atoms with van der Waals surface area (Å²) in [5.41, 5.74) is 5.69. The van der Waals surface area contributed by atoms with Crippen LogP contribution in [0.15, 0.2) is 0 Å². The fourth-order valence-corrected chi connectivity index (χ4v) is 2.67. The molecule has 0 radical (unpaired) electrons. The molecule has 1 atom stereocenters. The quantitative estimate of drug-likeness (QED) is 0.741. The van der Waals surface area contributed by atoms with Gasteiger partial charge in [-0.25, -0.2) is 0 Å². The van der Waals surface area contributed by atoms with E-state index in [9.17, 15) is 4.79 Å². The Morgan fingerprint density at radius 1 is 1.47 bits per heavy atom. The van der Waals surface area contributed by atoms with Crippen LogP contribution < -0.4 is 5.73 Å². The fraction of sp³-hybridized carbons (Fsp3) is 0.846. The monoisotopic (exact) mass is 256 g/mol. The third-order valence-electron chi connectivity index (χ3n) is 3.64. The Morgan fingerprint density at radius 3 is 2.35 bits per heavy atom. The van der Waals surface area contributed by atoms with Gasteiger partial charge in [0.05, 0.1) is 10.9 Å². The van der Waals surface area contributed by atoms with E-state index in [4.69, 9.17) is 18.0 Å². The first kappa shape index (κ1) is 14.4. The van der Waals surface area contributed by atoms with Gasteiger partial charge in [0.2, 0.25) is 5.91 Å². The summed E-state index contributed by atoms with van der Waals surface area (Å²) in [4.78, 5) is 14.6. The third kappa shape index (κ3) is 3.66. The summed E-state index contributed by atoms with van der Waals surface area (Å²) < 4.78 is 0. The van der Waals surface area contributed by atoms with Crippen LogP contribution in [0, 0.1) is 17.8 Å². The van der Waals surface area contributed by atoms with Gasteiger partial charge < -0.3 is 10.6 Å². The Morgan fingerprint density at radius 2 is 2.06 bits per heavy atom. The molecule has 0 aromatic heterocycles. The molecule has 0 spiro atoms. The maximum Gasteiger partial charge on any atom is 0.232 e. The molecule has 0 saturated heterocycles. The molecule has 1 aliphatic rings. The van der Waals surface area contributed by atoms with Gasteiger partial charge in [-0.1, -0.05) is 32.5 Å². The van der Waals surface area contributed by atoms with Crippen molar-refractivity contribution in [3.8, 4) is 0 Å². The van der Waals surface area contributed by atoms with Gasteiger partial charge in [0.25, 0.3) is 0 Å². The van der Waals surface area contributed by atoms with E-state index in [-0.39, 0.29) is 17.7 Å². The summed E-state index contributed by atoms with van der Waals surface area (Å²) in [7, 11) is 0. The summed E-state index contributed by atoms with van der Waals surface area (Å²) in [5.74, 6) is 0.681. The van der Waals surface area contributed by atoms with Crippen LogP contribution in [0.3, 0.4) is 0 Å². The van der Waals surface area contributed by atoms with Crippen LogP contribution in [0.1, 0.15) is 40.0 Å². The summed E-state index contributed by atoms with van der Waals surface area (Å²) in [6.07, 6.45) is 3.81. The zero-order valence-electron chi connectivity index (χ0n) is 11.1. The van der Waals surface area contributed by atoms with Crippen molar-refractivity contribution >= 4 is 23.1 Å². The van der Waals surface area contributed by atoms with Crippen molar-refractivity contribution in [2.75, 3.05) is 13.1 Å². The number of carbonyl (C=O) groups excluding carboxylic acids is 1. The lowest BCUT2D eigenvalue weighted by Crippen LogP contribution is -2.46. The number of nitrogens with two attached hydrogens (primary N) is 1. The minimum Gasteiger partial charge on any atom is -0.393 e. The Hall–Kier alpha value is -0.640. The average molecular weight is 256 g/mol. The molecule has 3 nitrogen and oxygen atoms in total. The molecule has 0 heterocycles. The standard InChI is InChI=1S/C13H24N2OS/c1-4-15(8-10-6-5-7-10)13(16)11(9(2)3)12(14)17/h9-11H,4-8H2,1-3H3,(H2,14,17). The van der Waals surface area contributed by atoms with Gasteiger partial charge in [-0.05, 0) is 31.6 Å². The number of hydrogen-bond acceptors (Lipinski definition) is 2. The maximum absolute atomic E-state index is 12.4. The van der Waals surface area contributed by atoms with Crippen molar-refractivity contribution in [3.05, 3.63) is 0 Å².